The molecule has 0 saturated carbocycles. The summed E-state index contributed by atoms with van der Waals surface area (Å²) in [5.74, 6) is -0.378. The Kier molecular flexibility index (Phi) is 7.59. The van der Waals surface area contributed by atoms with Crippen molar-refractivity contribution in [3.05, 3.63) is 94.5 Å². The summed E-state index contributed by atoms with van der Waals surface area (Å²) in [5.41, 5.74) is 3.39. The molecule has 0 radical (unpaired) electrons. The highest BCUT2D eigenvalue weighted by atomic mass is 35.5. The third-order valence-corrected chi connectivity index (χ3v) is 7.45. The quantitative estimate of drug-likeness (QED) is 0.478. The summed E-state index contributed by atoms with van der Waals surface area (Å²) in [5, 5.41) is 3.41. The molecule has 0 aliphatic carbocycles. The lowest BCUT2D eigenvalue weighted by Crippen LogP contribution is -2.42. The fourth-order valence-corrected chi connectivity index (χ4v) is 4.95. The van der Waals surface area contributed by atoms with Crippen LogP contribution in [0.4, 0.5) is 5.69 Å². The maximum Gasteiger partial charge on any atom is 0.264 e. The predicted octanol–water partition coefficient (Wildman–Crippen LogP) is 5.42. The SMILES string of the molecule is CC[C@H](NC(=O)CN(c1ccc(C)c(C)c1)S(=O)(=O)c1ccc(Cl)cc1)c1ccccc1. The van der Waals surface area contributed by atoms with Gasteiger partial charge in [0.15, 0.2) is 0 Å². The van der Waals surface area contributed by atoms with Crippen molar-refractivity contribution in [2.75, 3.05) is 10.8 Å². The molecule has 32 heavy (non-hydrogen) atoms. The maximum atomic E-state index is 13.5. The Morgan fingerprint density at radius 1 is 0.969 bits per heavy atom. The molecule has 1 amide bonds. The Bertz CT molecular complexity index is 1180. The molecule has 1 N–H and O–H groups in total. The number of amides is 1. The molecule has 0 aliphatic heterocycles. The summed E-state index contributed by atoms with van der Waals surface area (Å²) in [6.45, 7) is 5.50. The highest BCUT2D eigenvalue weighted by molar-refractivity contribution is 7.92. The third kappa shape index (κ3) is 5.50. The van der Waals surface area contributed by atoms with Crippen LogP contribution in [0.25, 0.3) is 0 Å². The van der Waals surface area contributed by atoms with Gasteiger partial charge < -0.3 is 5.32 Å². The van der Waals surface area contributed by atoms with E-state index in [1.165, 1.54) is 24.3 Å². The molecule has 0 unspecified atom stereocenters. The lowest BCUT2D eigenvalue weighted by atomic mass is 10.0. The van der Waals surface area contributed by atoms with Crippen molar-refractivity contribution < 1.29 is 13.2 Å². The van der Waals surface area contributed by atoms with E-state index in [2.05, 4.69) is 5.32 Å². The van der Waals surface area contributed by atoms with Gasteiger partial charge in [-0.15, -0.1) is 0 Å². The maximum absolute atomic E-state index is 13.5. The van der Waals surface area contributed by atoms with Crippen LogP contribution in [-0.4, -0.2) is 20.9 Å². The van der Waals surface area contributed by atoms with Gasteiger partial charge in [-0.05, 0) is 73.4 Å². The third-order valence-electron chi connectivity index (χ3n) is 5.41. The second-order valence-corrected chi connectivity index (χ2v) is 9.97. The number of nitrogens with zero attached hydrogens (tertiary/aromatic N) is 1. The summed E-state index contributed by atoms with van der Waals surface area (Å²) < 4.78 is 28.2. The number of anilines is 1. The summed E-state index contributed by atoms with van der Waals surface area (Å²) in [6.07, 6.45) is 0.684. The van der Waals surface area contributed by atoms with E-state index in [0.29, 0.717) is 17.1 Å². The van der Waals surface area contributed by atoms with E-state index >= 15 is 0 Å². The van der Waals surface area contributed by atoms with Crippen LogP contribution in [0.2, 0.25) is 5.02 Å². The van der Waals surface area contributed by atoms with Gasteiger partial charge in [-0.3, -0.25) is 9.10 Å². The first-order chi connectivity index (χ1) is 15.2. The van der Waals surface area contributed by atoms with Gasteiger partial charge in [0.2, 0.25) is 5.91 Å². The van der Waals surface area contributed by atoms with Crippen LogP contribution in [-0.2, 0) is 14.8 Å². The topological polar surface area (TPSA) is 66.5 Å². The first-order valence-electron chi connectivity index (χ1n) is 10.4. The largest absolute Gasteiger partial charge is 0.348 e. The molecule has 1 atom stereocenters. The highest BCUT2D eigenvalue weighted by Crippen LogP contribution is 2.27. The fraction of sp³-hybridized carbons (Fsp3) is 0.240. The number of rotatable bonds is 8. The van der Waals surface area contributed by atoms with Crippen molar-refractivity contribution in [3.63, 3.8) is 0 Å². The summed E-state index contributed by atoms with van der Waals surface area (Å²) in [4.78, 5) is 13.1. The lowest BCUT2D eigenvalue weighted by Gasteiger charge is -2.26. The van der Waals surface area contributed by atoms with Gasteiger partial charge in [-0.2, -0.15) is 0 Å². The van der Waals surface area contributed by atoms with Crippen molar-refractivity contribution in [2.24, 2.45) is 0 Å². The number of aryl methyl sites for hydroxylation is 2. The number of carbonyl (C=O) groups is 1. The standard InChI is InChI=1S/C25H27ClN2O3S/c1-4-24(20-8-6-5-7-9-20)27-25(29)17-28(22-13-10-18(2)19(3)16-22)32(30,31)23-14-11-21(26)12-15-23/h5-16,24H,4,17H2,1-3H3,(H,27,29)/t24-/m0/s1. The van der Waals surface area contributed by atoms with Gasteiger partial charge in [-0.25, -0.2) is 8.42 Å². The van der Waals surface area contributed by atoms with E-state index in [1.54, 1.807) is 12.1 Å². The van der Waals surface area contributed by atoms with Gasteiger partial charge >= 0.3 is 0 Å². The van der Waals surface area contributed by atoms with E-state index in [4.69, 9.17) is 11.6 Å². The minimum atomic E-state index is -3.99. The molecule has 0 saturated heterocycles. The normalized spacial score (nSPS) is 12.2. The highest BCUT2D eigenvalue weighted by Gasteiger charge is 2.28. The molecule has 168 valence electrons. The van der Waals surface area contributed by atoms with E-state index < -0.39 is 10.0 Å². The van der Waals surface area contributed by atoms with E-state index in [9.17, 15) is 13.2 Å². The summed E-state index contributed by atoms with van der Waals surface area (Å²) in [7, 11) is -3.99. The minimum Gasteiger partial charge on any atom is -0.348 e. The Hall–Kier alpha value is -2.83. The van der Waals surface area contributed by atoms with Crippen molar-refractivity contribution in [2.45, 2.75) is 38.1 Å². The first kappa shape index (κ1) is 23.8. The zero-order chi connectivity index (χ0) is 23.3. The van der Waals surface area contributed by atoms with Crippen LogP contribution in [0.5, 0.6) is 0 Å². The van der Waals surface area contributed by atoms with E-state index in [0.717, 1.165) is 21.0 Å². The smallest absolute Gasteiger partial charge is 0.264 e. The molecule has 0 spiro atoms. The molecule has 3 aromatic rings. The van der Waals surface area contributed by atoms with Gasteiger partial charge in [0, 0.05) is 5.02 Å². The van der Waals surface area contributed by atoms with Gasteiger partial charge in [0.25, 0.3) is 10.0 Å². The Morgan fingerprint density at radius 2 is 1.62 bits per heavy atom. The molecule has 7 heteroatoms. The molecule has 3 rings (SSSR count). The van der Waals surface area contributed by atoms with Crippen LogP contribution in [0.3, 0.4) is 0 Å². The van der Waals surface area contributed by atoms with Crippen LogP contribution in [0.15, 0.2) is 77.7 Å². The van der Waals surface area contributed by atoms with Crippen LogP contribution in [0, 0.1) is 13.8 Å². The van der Waals surface area contributed by atoms with Crippen molar-refractivity contribution in [3.8, 4) is 0 Å². The van der Waals surface area contributed by atoms with E-state index in [-0.39, 0.29) is 23.4 Å². The number of halogens is 1. The molecule has 0 heterocycles. The van der Waals surface area contributed by atoms with Crippen molar-refractivity contribution >= 4 is 33.2 Å². The van der Waals surface area contributed by atoms with Crippen molar-refractivity contribution in [1.82, 2.24) is 5.32 Å². The average molecular weight is 471 g/mol. The number of carbonyl (C=O) groups excluding carboxylic acids is 1. The molecular formula is C25H27ClN2O3S. The average Bonchev–Trinajstić information content (AvgIpc) is 2.78. The summed E-state index contributed by atoms with van der Waals surface area (Å²) in [6, 6.07) is 20.7. The fourth-order valence-electron chi connectivity index (χ4n) is 3.41. The molecule has 0 fully saturated rings. The second-order valence-electron chi connectivity index (χ2n) is 7.67. The molecule has 0 aliphatic rings. The predicted molar refractivity (Wildman–Crippen MR) is 130 cm³/mol. The van der Waals surface area contributed by atoms with Gasteiger partial charge in [0.1, 0.15) is 6.54 Å². The zero-order valence-electron chi connectivity index (χ0n) is 18.4. The molecular weight excluding hydrogens is 444 g/mol. The van der Waals surface area contributed by atoms with Gasteiger partial charge in [0.05, 0.1) is 16.6 Å². The lowest BCUT2D eigenvalue weighted by molar-refractivity contribution is -0.120. The Morgan fingerprint density at radius 3 is 2.22 bits per heavy atom. The van der Waals surface area contributed by atoms with Gasteiger partial charge in [-0.1, -0.05) is 54.9 Å². The number of sulfonamides is 1. The van der Waals surface area contributed by atoms with E-state index in [1.807, 2.05) is 57.2 Å². The number of nitrogens with one attached hydrogen (secondary N) is 1. The molecule has 3 aromatic carbocycles. The minimum absolute atomic E-state index is 0.0722. The monoisotopic (exact) mass is 470 g/mol. The van der Waals surface area contributed by atoms with Crippen LogP contribution in [0.1, 0.15) is 36.1 Å². The zero-order valence-corrected chi connectivity index (χ0v) is 20.0. The summed E-state index contributed by atoms with van der Waals surface area (Å²) >= 11 is 5.94. The number of hydrogen-bond donors (Lipinski definition) is 1. The van der Waals surface area contributed by atoms with Crippen LogP contribution < -0.4 is 9.62 Å². The number of hydrogen-bond acceptors (Lipinski definition) is 3. The van der Waals surface area contributed by atoms with Crippen molar-refractivity contribution in [1.29, 1.82) is 0 Å². The molecule has 0 bridgehead atoms. The Labute approximate surface area is 195 Å². The Balaban J connectivity index is 1.94. The molecule has 0 aromatic heterocycles. The first-order valence-corrected chi connectivity index (χ1v) is 12.2. The van der Waals surface area contributed by atoms with Crippen LogP contribution >= 0.6 is 11.6 Å². The number of benzene rings is 3. The second kappa shape index (κ2) is 10.2. The molecule has 5 nitrogen and oxygen atoms in total.